The standard InChI is InChI=1S/C27H33N3O2/c1-2-32-18-10-17-28-20-25(31)30-27(22-13-7-4-8-14-22)24-16-9-15-23(26(24)29-30)19-21-11-5-3-6-12-21/h3-8,11-14,19,24,27-28H,2,9-10,15-18,20H2,1H3/b23-19+/t24-,27+/m0/s1. The van der Waals surface area contributed by atoms with E-state index in [1.54, 1.807) is 5.01 Å². The lowest BCUT2D eigenvalue weighted by Crippen LogP contribution is -2.37. The summed E-state index contributed by atoms with van der Waals surface area (Å²) in [5.41, 5.74) is 4.68. The molecular weight excluding hydrogens is 398 g/mol. The van der Waals surface area contributed by atoms with E-state index in [1.165, 1.54) is 11.1 Å². The van der Waals surface area contributed by atoms with Gasteiger partial charge in [0, 0.05) is 19.1 Å². The van der Waals surface area contributed by atoms with Crippen LogP contribution in [0.2, 0.25) is 0 Å². The maximum Gasteiger partial charge on any atom is 0.257 e. The molecule has 1 N–H and O–H groups in total. The number of allylic oxidation sites excluding steroid dienone is 1. The zero-order valence-electron chi connectivity index (χ0n) is 18.9. The average molecular weight is 432 g/mol. The second kappa shape index (κ2) is 11.2. The van der Waals surface area contributed by atoms with Gasteiger partial charge in [-0.1, -0.05) is 60.7 Å². The van der Waals surface area contributed by atoms with Crippen LogP contribution < -0.4 is 5.32 Å². The molecule has 5 heteroatoms. The predicted molar refractivity (Wildman–Crippen MR) is 129 cm³/mol. The van der Waals surface area contributed by atoms with E-state index in [0.29, 0.717) is 6.61 Å². The number of nitrogens with one attached hydrogen (secondary N) is 1. The summed E-state index contributed by atoms with van der Waals surface area (Å²) < 4.78 is 5.38. The second-order valence-electron chi connectivity index (χ2n) is 8.39. The van der Waals surface area contributed by atoms with Crippen molar-refractivity contribution in [3.8, 4) is 0 Å². The lowest BCUT2D eigenvalue weighted by atomic mass is 9.77. The Bertz CT molecular complexity index is 940. The highest BCUT2D eigenvalue weighted by molar-refractivity contribution is 6.08. The van der Waals surface area contributed by atoms with Gasteiger partial charge in [0.1, 0.15) is 0 Å². The molecule has 5 nitrogen and oxygen atoms in total. The second-order valence-corrected chi connectivity index (χ2v) is 8.39. The van der Waals surface area contributed by atoms with E-state index in [9.17, 15) is 4.79 Å². The molecule has 1 heterocycles. The first-order chi connectivity index (χ1) is 15.8. The van der Waals surface area contributed by atoms with Gasteiger partial charge in [0.15, 0.2) is 0 Å². The maximum absolute atomic E-state index is 13.2. The lowest BCUT2D eigenvalue weighted by molar-refractivity contribution is -0.132. The summed E-state index contributed by atoms with van der Waals surface area (Å²) in [5.74, 6) is 0.263. The number of hydrogen-bond acceptors (Lipinski definition) is 4. The SMILES string of the molecule is CCOCCCNCC(=O)N1N=C2/C(=C/c3ccccc3)CCC[C@@H]2[C@H]1c1ccccc1. The van der Waals surface area contributed by atoms with Crippen LogP contribution in [0.3, 0.4) is 0 Å². The van der Waals surface area contributed by atoms with Crippen LogP contribution >= 0.6 is 0 Å². The van der Waals surface area contributed by atoms with Crippen molar-refractivity contribution < 1.29 is 9.53 Å². The lowest BCUT2D eigenvalue weighted by Gasteiger charge is -2.29. The fraction of sp³-hybridized carbons (Fsp3) is 0.407. The zero-order chi connectivity index (χ0) is 22.2. The number of rotatable bonds is 9. The normalized spacial score (nSPS) is 21.5. The molecule has 4 rings (SSSR count). The van der Waals surface area contributed by atoms with Crippen LogP contribution in [0, 0.1) is 5.92 Å². The molecular formula is C27H33N3O2. The van der Waals surface area contributed by atoms with Crippen molar-refractivity contribution in [1.82, 2.24) is 10.3 Å². The predicted octanol–water partition coefficient (Wildman–Crippen LogP) is 4.83. The first-order valence-corrected chi connectivity index (χ1v) is 11.8. The quantitative estimate of drug-likeness (QED) is 0.579. The molecule has 1 aliphatic carbocycles. The number of ether oxygens (including phenoxy) is 1. The molecule has 32 heavy (non-hydrogen) atoms. The van der Waals surface area contributed by atoms with E-state index < -0.39 is 0 Å². The Morgan fingerprint density at radius 2 is 1.91 bits per heavy atom. The smallest absolute Gasteiger partial charge is 0.257 e. The van der Waals surface area contributed by atoms with Crippen LogP contribution in [0.1, 0.15) is 49.8 Å². The van der Waals surface area contributed by atoms with Crippen molar-refractivity contribution in [3.63, 3.8) is 0 Å². The number of carbonyl (C=O) groups is 1. The van der Waals surface area contributed by atoms with Gasteiger partial charge in [-0.25, -0.2) is 5.01 Å². The van der Waals surface area contributed by atoms with Crippen molar-refractivity contribution in [3.05, 3.63) is 77.4 Å². The number of nitrogens with zero attached hydrogens (tertiary/aromatic N) is 2. The highest BCUT2D eigenvalue weighted by Gasteiger charge is 2.43. The van der Waals surface area contributed by atoms with E-state index in [2.05, 4.69) is 47.8 Å². The highest BCUT2D eigenvalue weighted by atomic mass is 16.5. The van der Waals surface area contributed by atoms with Gasteiger partial charge in [0.2, 0.25) is 0 Å². The Hall–Kier alpha value is -2.76. The van der Waals surface area contributed by atoms with Gasteiger partial charge in [0.05, 0.1) is 18.3 Å². The van der Waals surface area contributed by atoms with Gasteiger partial charge in [-0.05, 0) is 61.9 Å². The minimum Gasteiger partial charge on any atom is -0.382 e. The summed E-state index contributed by atoms with van der Waals surface area (Å²) in [4.78, 5) is 13.2. The average Bonchev–Trinajstić information content (AvgIpc) is 3.23. The molecule has 0 unspecified atom stereocenters. The van der Waals surface area contributed by atoms with Crippen LogP contribution in [0.25, 0.3) is 6.08 Å². The molecule has 2 aromatic rings. The molecule has 0 radical (unpaired) electrons. The Morgan fingerprint density at radius 3 is 2.66 bits per heavy atom. The minimum atomic E-state index is -0.0385. The van der Waals surface area contributed by atoms with E-state index in [-0.39, 0.29) is 24.4 Å². The molecule has 0 spiro atoms. The molecule has 168 valence electrons. The molecule has 1 saturated carbocycles. The number of fused-ring (bicyclic) bond motifs is 1. The van der Waals surface area contributed by atoms with Gasteiger partial charge in [0.25, 0.3) is 5.91 Å². The first kappa shape index (κ1) is 22.4. The molecule has 2 aromatic carbocycles. The summed E-state index contributed by atoms with van der Waals surface area (Å²) in [6.07, 6.45) is 6.31. The summed E-state index contributed by atoms with van der Waals surface area (Å²) in [6, 6.07) is 20.7. The Labute approximate surface area is 191 Å². The Balaban J connectivity index is 1.55. The molecule has 0 saturated heterocycles. The largest absolute Gasteiger partial charge is 0.382 e. The summed E-state index contributed by atoms with van der Waals surface area (Å²) in [7, 11) is 0. The van der Waals surface area contributed by atoms with Crippen molar-refractivity contribution in [2.24, 2.45) is 11.0 Å². The maximum atomic E-state index is 13.2. The molecule has 2 aliphatic rings. The van der Waals surface area contributed by atoms with E-state index >= 15 is 0 Å². The minimum absolute atomic E-state index is 0.0243. The summed E-state index contributed by atoms with van der Waals surface area (Å²) in [6.45, 7) is 4.48. The molecule has 0 bridgehead atoms. The van der Waals surface area contributed by atoms with Crippen LogP contribution in [0.4, 0.5) is 0 Å². The highest BCUT2D eigenvalue weighted by Crippen LogP contribution is 2.44. The van der Waals surface area contributed by atoms with Gasteiger partial charge in [-0.15, -0.1) is 0 Å². The number of benzene rings is 2. The number of carbonyl (C=O) groups excluding carboxylic acids is 1. The van der Waals surface area contributed by atoms with Crippen LogP contribution in [-0.4, -0.2) is 42.9 Å². The van der Waals surface area contributed by atoms with Crippen molar-refractivity contribution in [2.75, 3.05) is 26.3 Å². The molecule has 2 atom stereocenters. The third kappa shape index (κ3) is 5.34. The summed E-state index contributed by atoms with van der Waals surface area (Å²) >= 11 is 0. The third-order valence-electron chi connectivity index (χ3n) is 6.16. The van der Waals surface area contributed by atoms with Crippen LogP contribution in [-0.2, 0) is 9.53 Å². The fourth-order valence-corrected chi connectivity index (χ4v) is 4.66. The number of amides is 1. The van der Waals surface area contributed by atoms with Crippen molar-refractivity contribution in [2.45, 2.75) is 38.6 Å². The van der Waals surface area contributed by atoms with Gasteiger partial charge >= 0.3 is 0 Å². The fourth-order valence-electron chi connectivity index (χ4n) is 4.66. The van der Waals surface area contributed by atoms with E-state index in [4.69, 9.17) is 9.84 Å². The summed E-state index contributed by atoms with van der Waals surface area (Å²) in [5, 5.41) is 9.96. The van der Waals surface area contributed by atoms with E-state index in [0.717, 1.165) is 50.1 Å². The Morgan fingerprint density at radius 1 is 1.16 bits per heavy atom. The number of hydrogen-bond donors (Lipinski definition) is 1. The Kier molecular flexibility index (Phi) is 7.86. The van der Waals surface area contributed by atoms with Crippen LogP contribution in [0.15, 0.2) is 71.3 Å². The topological polar surface area (TPSA) is 53.9 Å². The zero-order valence-corrected chi connectivity index (χ0v) is 18.9. The van der Waals surface area contributed by atoms with Crippen molar-refractivity contribution >= 4 is 17.7 Å². The van der Waals surface area contributed by atoms with Gasteiger partial charge < -0.3 is 10.1 Å². The van der Waals surface area contributed by atoms with Crippen LogP contribution in [0.5, 0.6) is 0 Å². The number of hydrazone groups is 1. The third-order valence-corrected chi connectivity index (χ3v) is 6.16. The molecule has 1 amide bonds. The van der Waals surface area contributed by atoms with E-state index in [1.807, 2.05) is 31.2 Å². The van der Waals surface area contributed by atoms with Gasteiger partial charge in [-0.3, -0.25) is 4.79 Å². The molecule has 0 aromatic heterocycles. The monoisotopic (exact) mass is 431 g/mol. The molecule has 1 fully saturated rings. The first-order valence-electron chi connectivity index (χ1n) is 11.8. The van der Waals surface area contributed by atoms with Gasteiger partial charge in [-0.2, -0.15) is 5.10 Å². The molecule has 1 aliphatic heterocycles. The van der Waals surface area contributed by atoms with Crippen molar-refractivity contribution in [1.29, 1.82) is 0 Å².